The topological polar surface area (TPSA) is 95.4 Å². The van der Waals surface area contributed by atoms with Gasteiger partial charge in [-0.3, -0.25) is 25.0 Å². The van der Waals surface area contributed by atoms with Crippen LogP contribution in [0, 0.1) is 10.1 Å². The summed E-state index contributed by atoms with van der Waals surface area (Å²) in [5, 5.41) is 23.3. The predicted molar refractivity (Wildman–Crippen MR) is 156 cm³/mol. The van der Waals surface area contributed by atoms with Gasteiger partial charge in [-0.05, 0) is 44.2 Å². The number of nitrogens with zero attached hydrogens (tertiary/aromatic N) is 5. The summed E-state index contributed by atoms with van der Waals surface area (Å²) in [6, 6.07) is 22.5. The van der Waals surface area contributed by atoms with E-state index in [1.54, 1.807) is 18.5 Å². The third kappa shape index (κ3) is 5.53. The van der Waals surface area contributed by atoms with Crippen molar-refractivity contribution in [1.29, 1.82) is 0 Å². The molecule has 0 atom stereocenters. The van der Waals surface area contributed by atoms with Crippen LogP contribution in [0.25, 0.3) is 6.08 Å². The van der Waals surface area contributed by atoms with Crippen molar-refractivity contribution in [2.75, 3.05) is 7.05 Å². The maximum atomic E-state index is 11.9. The van der Waals surface area contributed by atoms with E-state index in [2.05, 4.69) is 45.4 Å². The van der Waals surface area contributed by atoms with Crippen LogP contribution in [0.15, 0.2) is 91.3 Å². The number of fused-ring (bicyclic) bond motifs is 1. The zero-order valence-corrected chi connectivity index (χ0v) is 22.9. The Bertz CT molecular complexity index is 1560. The average molecular weight is 535 g/mol. The molecule has 5 rings (SSSR count). The molecule has 40 heavy (non-hydrogen) atoms. The maximum absolute atomic E-state index is 11.9. The fraction of sp³-hybridized carbons (Fsp3) is 0.219. The number of allylic oxidation sites excluding steroid dienone is 1. The summed E-state index contributed by atoms with van der Waals surface area (Å²) >= 11 is 0. The number of pyridine rings is 2. The Balaban J connectivity index is 1.50. The number of hydrogen-bond acceptors (Lipinski definition) is 6. The van der Waals surface area contributed by atoms with Gasteiger partial charge in [0, 0.05) is 73.0 Å². The quantitative estimate of drug-likeness (QED) is 0.160. The third-order valence-corrected chi connectivity index (χ3v) is 7.39. The lowest BCUT2D eigenvalue weighted by Crippen LogP contribution is -2.26. The second-order valence-electron chi connectivity index (χ2n) is 10.5. The van der Waals surface area contributed by atoms with Crippen molar-refractivity contribution in [3.63, 3.8) is 0 Å². The predicted octanol–water partition coefficient (Wildman–Crippen LogP) is 6.01. The number of benzene rings is 2. The summed E-state index contributed by atoms with van der Waals surface area (Å²) in [7, 11) is 2.01. The molecule has 1 aliphatic heterocycles. The van der Waals surface area contributed by atoms with Crippen molar-refractivity contribution in [2.24, 2.45) is 0 Å². The summed E-state index contributed by atoms with van der Waals surface area (Å²) in [4.78, 5) is 22.4. The lowest BCUT2D eigenvalue weighted by atomic mass is 9.81. The van der Waals surface area contributed by atoms with Gasteiger partial charge in [-0.2, -0.15) is 4.58 Å². The van der Waals surface area contributed by atoms with Gasteiger partial charge in [0.25, 0.3) is 5.69 Å². The van der Waals surface area contributed by atoms with E-state index in [4.69, 9.17) is 0 Å². The zero-order valence-electron chi connectivity index (χ0n) is 22.9. The van der Waals surface area contributed by atoms with Gasteiger partial charge in [-0.1, -0.05) is 30.3 Å². The second-order valence-corrected chi connectivity index (χ2v) is 10.5. The van der Waals surface area contributed by atoms with Crippen LogP contribution in [-0.2, 0) is 25.0 Å². The average Bonchev–Trinajstić information content (AvgIpc) is 3.14. The van der Waals surface area contributed by atoms with Crippen LogP contribution in [-0.4, -0.2) is 42.2 Å². The Morgan fingerprint density at radius 3 is 2.12 bits per heavy atom. The lowest BCUT2D eigenvalue weighted by Gasteiger charge is -2.22. The van der Waals surface area contributed by atoms with Gasteiger partial charge < -0.3 is 5.11 Å². The zero-order chi connectivity index (χ0) is 28.3. The van der Waals surface area contributed by atoms with Crippen molar-refractivity contribution in [2.45, 2.75) is 38.9 Å². The van der Waals surface area contributed by atoms with E-state index in [1.165, 1.54) is 17.7 Å². The minimum atomic E-state index is -0.420. The number of para-hydroxylation sites is 1. The molecule has 8 heteroatoms. The first kappa shape index (κ1) is 26.9. The van der Waals surface area contributed by atoms with E-state index in [1.807, 2.05) is 61.7 Å². The molecule has 0 radical (unpaired) electrons. The molecule has 0 amide bonds. The second kappa shape index (κ2) is 11.2. The smallest absolute Gasteiger partial charge is 0.270 e. The van der Waals surface area contributed by atoms with E-state index < -0.39 is 4.92 Å². The molecule has 0 saturated carbocycles. The van der Waals surface area contributed by atoms with Crippen LogP contribution < -0.4 is 0 Å². The first-order valence-electron chi connectivity index (χ1n) is 13.1. The van der Waals surface area contributed by atoms with Crippen molar-refractivity contribution in [3.05, 3.63) is 129 Å². The molecule has 1 aliphatic rings. The Labute approximate surface area is 233 Å². The van der Waals surface area contributed by atoms with Crippen LogP contribution in [0.2, 0.25) is 0 Å². The maximum Gasteiger partial charge on any atom is 0.270 e. The molecular weight excluding hydrogens is 502 g/mol. The molecule has 4 aromatic rings. The number of nitro benzene ring substituents is 1. The molecule has 2 aromatic carbocycles. The van der Waals surface area contributed by atoms with E-state index >= 15 is 0 Å². The number of non-ortho nitro benzene ring substituents is 1. The molecule has 202 valence electrons. The molecule has 0 unspecified atom stereocenters. The molecule has 3 heterocycles. The SMILES string of the molecule is C[N+]1=C(/C=C/c2cc([N+](=O)[O-])cc(CN(Cc3ccccn3)Cc3ccccn3)c2O)C(C)(C)c2ccccc21. The minimum absolute atomic E-state index is 0.0189. The highest BCUT2D eigenvalue weighted by Crippen LogP contribution is 2.39. The van der Waals surface area contributed by atoms with Gasteiger partial charge >= 0.3 is 0 Å². The highest BCUT2D eigenvalue weighted by Gasteiger charge is 2.42. The largest absolute Gasteiger partial charge is 0.507 e. The summed E-state index contributed by atoms with van der Waals surface area (Å²) in [6.07, 6.45) is 7.19. The van der Waals surface area contributed by atoms with Crippen LogP contribution >= 0.6 is 0 Å². The number of nitro groups is 1. The first-order valence-corrected chi connectivity index (χ1v) is 13.1. The van der Waals surface area contributed by atoms with E-state index in [-0.39, 0.29) is 23.4 Å². The van der Waals surface area contributed by atoms with Crippen LogP contribution in [0.4, 0.5) is 11.4 Å². The van der Waals surface area contributed by atoms with Gasteiger partial charge in [0.1, 0.15) is 12.8 Å². The van der Waals surface area contributed by atoms with Gasteiger partial charge in [0.05, 0.1) is 21.7 Å². The molecular formula is C32H32N5O3+. The molecule has 2 aromatic heterocycles. The fourth-order valence-electron chi connectivity index (χ4n) is 5.38. The van der Waals surface area contributed by atoms with Crippen LogP contribution in [0.5, 0.6) is 5.75 Å². The molecule has 0 fully saturated rings. The number of aromatic hydroxyl groups is 1. The van der Waals surface area contributed by atoms with Gasteiger partial charge in [0.15, 0.2) is 5.71 Å². The van der Waals surface area contributed by atoms with Gasteiger partial charge in [-0.15, -0.1) is 0 Å². The van der Waals surface area contributed by atoms with Crippen molar-refractivity contribution in [1.82, 2.24) is 14.9 Å². The molecule has 1 N–H and O–H groups in total. The van der Waals surface area contributed by atoms with Crippen molar-refractivity contribution >= 4 is 23.2 Å². The fourth-order valence-corrected chi connectivity index (χ4v) is 5.38. The molecule has 8 nitrogen and oxygen atoms in total. The number of phenolic OH excluding ortho intramolecular Hbond substituents is 1. The van der Waals surface area contributed by atoms with Crippen LogP contribution in [0.3, 0.4) is 0 Å². The number of rotatable bonds is 9. The van der Waals surface area contributed by atoms with Gasteiger partial charge in [0.2, 0.25) is 5.69 Å². The Hall–Kier alpha value is -4.69. The summed E-state index contributed by atoms with van der Waals surface area (Å²) in [5.74, 6) is 0.0189. The van der Waals surface area contributed by atoms with E-state index in [9.17, 15) is 15.2 Å². The van der Waals surface area contributed by atoms with Crippen molar-refractivity contribution in [3.8, 4) is 5.75 Å². The lowest BCUT2D eigenvalue weighted by molar-refractivity contribution is -0.401. The normalized spacial score (nSPS) is 14.2. The molecule has 0 saturated heterocycles. The highest BCUT2D eigenvalue weighted by atomic mass is 16.6. The summed E-state index contributed by atoms with van der Waals surface area (Å²) < 4.78 is 2.13. The van der Waals surface area contributed by atoms with Gasteiger partial charge in [-0.25, -0.2) is 0 Å². The van der Waals surface area contributed by atoms with Crippen LogP contribution in [0.1, 0.15) is 41.9 Å². The Morgan fingerprint density at radius 1 is 0.925 bits per heavy atom. The number of phenols is 1. The number of hydrogen-bond donors (Lipinski definition) is 1. The van der Waals surface area contributed by atoms with E-state index in [0.717, 1.165) is 22.8 Å². The standard InChI is InChI=1S/C32H31N5O3/c1-32(2)28-12-4-5-13-29(28)35(3)30(32)15-14-23-18-27(37(39)40)19-24(31(23)38)20-36(21-25-10-6-8-16-33-25)22-26-11-7-9-17-34-26/h4-19H,20-22H2,1-3H3/p+1. The molecule has 0 spiro atoms. The van der Waals surface area contributed by atoms with E-state index in [0.29, 0.717) is 24.2 Å². The monoisotopic (exact) mass is 534 g/mol. The number of aromatic nitrogens is 2. The Morgan fingerprint density at radius 2 is 1.55 bits per heavy atom. The highest BCUT2D eigenvalue weighted by molar-refractivity contribution is 6.05. The molecule has 0 bridgehead atoms. The van der Waals surface area contributed by atoms with Crippen molar-refractivity contribution < 1.29 is 14.6 Å². The first-order chi connectivity index (χ1) is 19.2. The third-order valence-electron chi connectivity index (χ3n) is 7.39. The summed E-state index contributed by atoms with van der Waals surface area (Å²) in [6.45, 7) is 5.55. The minimum Gasteiger partial charge on any atom is -0.507 e. The summed E-state index contributed by atoms with van der Waals surface area (Å²) in [5.41, 5.74) is 5.60. The molecule has 0 aliphatic carbocycles. The Kier molecular flexibility index (Phi) is 7.53.